The van der Waals surface area contributed by atoms with Crippen LogP contribution >= 0.6 is 0 Å². The minimum absolute atomic E-state index is 0.0526. The van der Waals surface area contributed by atoms with E-state index in [0.29, 0.717) is 6.42 Å². The molecule has 3 nitrogen and oxygen atoms in total. The van der Waals surface area contributed by atoms with Gasteiger partial charge in [-0.15, -0.1) is 0 Å². The Kier molecular flexibility index (Phi) is 5.80. The third kappa shape index (κ3) is 5.16. The molecule has 1 aliphatic rings. The highest BCUT2D eigenvalue weighted by Crippen LogP contribution is 2.27. The third-order valence-electron chi connectivity index (χ3n) is 4.53. The van der Waals surface area contributed by atoms with Crippen LogP contribution in [-0.4, -0.2) is 17.6 Å². The van der Waals surface area contributed by atoms with Crippen LogP contribution in [0.2, 0.25) is 0 Å². The van der Waals surface area contributed by atoms with E-state index in [-0.39, 0.29) is 12.5 Å². The Morgan fingerprint density at radius 3 is 2.57 bits per heavy atom. The molecule has 1 amide bonds. The van der Waals surface area contributed by atoms with Crippen LogP contribution in [0.5, 0.6) is 0 Å². The summed E-state index contributed by atoms with van der Waals surface area (Å²) in [5, 5.41) is 13.3. The van der Waals surface area contributed by atoms with Crippen molar-refractivity contribution in [3.63, 3.8) is 0 Å². The largest absolute Gasteiger partial charge is 0.384 e. The van der Waals surface area contributed by atoms with E-state index in [1.807, 2.05) is 30.3 Å². The van der Waals surface area contributed by atoms with E-state index in [1.165, 1.54) is 32.1 Å². The average Bonchev–Trinajstić information content (AvgIpc) is 2.53. The Bertz CT molecular complexity index is 436. The first-order chi connectivity index (χ1) is 10.1. The quantitative estimate of drug-likeness (QED) is 0.843. The number of carbonyl (C=O) groups excluding carboxylic acids is 1. The summed E-state index contributed by atoms with van der Waals surface area (Å²) in [6.07, 6.45) is 8.09. The lowest BCUT2D eigenvalue weighted by Gasteiger charge is -2.25. The lowest BCUT2D eigenvalue weighted by molar-refractivity contribution is -0.122. The molecule has 0 saturated heterocycles. The van der Waals surface area contributed by atoms with Crippen molar-refractivity contribution >= 4 is 5.91 Å². The molecule has 0 aromatic heterocycles. The highest BCUT2D eigenvalue weighted by Gasteiger charge is 2.23. The first-order valence-electron chi connectivity index (χ1n) is 8.12. The van der Waals surface area contributed by atoms with Crippen molar-refractivity contribution in [3.05, 3.63) is 35.9 Å². The van der Waals surface area contributed by atoms with E-state index in [9.17, 15) is 9.90 Å². The summed E-state index contributed by atoms with van der Waals surface area (Å²) in [5.41, 5.74) is -0.181. The first-order valence-corrected chi connectivity index (χ1v) is 8.12. The van der Waals surface area contributed by atoms with Crippen molar-refractivity contribution in [3.8, 4) is 0 Å². The van der Waals surface area contributed by atoms with Gasteiger partial charge in [-0.25, -0.2) is 0 Å². The van der Waals surface area contributed by atoms with Crippen LogP contribution in [-0.2, 0) is 10.4 Å². The van der Waals surface area contributed by atoms with Gasteiger partial charge >= 0.3 is 0 Å². The lowest BCUT2D eigenvalue weighted by atomic mass is 9.86. The zero-order valence-corrected chi connectivity index (χ0v) is 13.0. The highest BCUT2D eigenvalue weighted by molar-refractivity contribution is 5.75. The number of hydrogen-bond acceptors (Lipinski definition) is 2. The molecule has 1 saturated carbocycles. The average molecular weight is 289 g/mol. The predicted octanol–water partition coefficient (Wildman–Crippen LogP) is 3.37. The van der Waals surface area contributed by atoms with Crippen molar-refractivity contribution < 1.29 is 9.90 Å². The zero-order valence-electron chi connectivity index (χ0n) is 13.0. The number of aliphatic hydroxyl groups is 1. The van der Waals surface area contributed by atoms with E-state index in [0.717, 1.165) is 17.9 Å². The van der Waals surface area contributed by atoms with Crippen LogP contribution in [0, 0.1) is 5.92 Å². The number of amides is 1. The van der Waals surface area contributed by atoms with E-state index in [2.05, 4.69) is 5.32 Å². The molecule has 2 rings (SSSR count). The Labute approximate surface area is 127 Å². The maximum Gasteiger partial charge on any atom is 0.220 e. The molecule has 1 atom stereocenters. The molecule has 0 aliphatic heterocycles. The van der Waals surface area contributed by atoms with Gasteiger partial charge in [-0.1, -0.05) is 62.4 Å². The fraction of sp³-hybridized carbons (Fsp3) is 0.611. The standard InChI is InChI=1S/C18H27NO2/c1-18(21,16-10-6-3-7-11-16)14-19-17(20)13-12-15-8-4-2-5-9-15/h3,6-7,10-11,15,21H,2,4-5,8-9,12-14H2,1H3,(H,19,20). The molecule has 0 bridgehead atoms. The van der Waals surface area contributed by atoms with Crippen LogP contribution < -0.4 is 5.32 Å². The third-order valence-corrected chi connectivity index (χ3v) is 4.53. The van der Waals surface area contributed by atoms with Crippen LogP contribution in [0.3, 0.4) is 0 Å². The van der Waals surface area contributed by atoms with Gasteiger partial charge in [0.05, 0.1) is 6.54 Å². The summed E-state index contributed by atoms with van der Waals surface area (Å²) in [4.78, 5) is 11.9. The predicted molar refractivity (Wildman–Crippen MR) is 84.8 cm³/mol. The van der Waals surface area contributed by atoms with Crippen molar-refractivity contribution in [2.75, 3.05) is 6.54 Å². The zero-order chi connectivity index (χ0) is 15.1. The molecule has 2 N–H and O–H groups in total. The summed E-state index contributed by atoms with van der Waals surface area (Å²) in [7, 11) is 0. The minimum Gasteiger partial charge on any atom is -0.384 e. The van der Waals surface area contributed by atoms with Crippen LogP contribution in [0.25, 0.3) is 0 Å². The van der Waals surface area contributed by atoms with Gasteiger partial charge in [-0.2, -0.15) is 0 Å². The van der Waals surface area contributed by atoms with E-state index >= 15 is 0 Å². The number of carbonyl (C=O) groups is 1. The second-order valence-corrected chi connectivity index (χ2v) is 6.46. The van der Waals surface area contributed by atoms with Crippen molar-refractivity contribution in [2.24, 2.45) is 5.92 Å². The molecule has 0 radical (unpaired) electrons. The molecule has 1 fully saturated rings. The molecule has 116 valence electrons. The molecule has 1 aromatic rings. The second-order valence-electron chi connectivity index (χ2n) is 6.46. The molecule has 1 aromatic carbocycles. The van der Waals surface area contributed by atoms with Crippen LogP contribution in [0.15, 0.2) is 30.3 Å². The van der Waals surface area contributed by atoms with Crippen LogP contribution in [0.1, 0.15) is 57.4 Å². The molecule has 0 heterocycles. The van der Waals surface area contributed by atoms with E-state index in [4.69, 9.17) is 0 Å². The maximum atomic E-state index is 11.9. The topological polar surface area (TPSA) is 49.3 Å². The van der Waals surface area contributed by atoms with Gasteiger partial charge in [-0.05, 0) is 24.8 Å². The molecular formula is C18H27NO2. The number of hydrogen-bond donors (Lipinski definition) is 2. The smallest absolute Gasteiger partial charge is 0.220 e. The SMILES string of the molecule is CC(O)(CNC(=O)CCC1CCCCC1)c1ccccc1. The molecule has 21 heavy (non-hydrogen) atoms. The molecule has 3 heteroatoms. The van der Waals surface area contributed by atoms with E-state index < -0.39 is 5.60 Å². The summed E-state index contributed by atoms with van der Waals surface area (Å²) >= 11 is 0. The number of rotatable bonds is 6. The Balaban J connectivity index is 1.73. The molecule has 1 aliphatic carbocycles. The molecule has 1 unspecified atom stereocenters. The lowest BCUT2D eigenvalue weighted by Crippen LogP contribution is -2.38. The van der Waals surface area contributed by atoms with Crippen molar-refractivity contribution in [2.45, 2.75) is 57.5 Å². The fourth-order valence-electron chi connectivity index (χ4n) is 3.07. The summed E-state index contributed by atoms with van der Waals surface area (Å²) in [5.74, 6) is 0.774. The van der Waals surface area contributed by atoms with Gasteiger partial charge in [-0.3, -0.25) is 4.79 Å². The van der Waals surface area contributed by atoms with Gasteiger partial charge in [0.25, 0.3) is 0 Å². The van der Waals surface area contributed by atoms with Crippen molar-refractivity contribution in [1.29, 1.82) is 0 Å². The Morgan fingerprint density at radius 1 is 1.24 bits per heavy atom. The minimum atomic E-state index is -1.01. The van der Waals surface area contributed by atoms with E-state index in [1.54, 1.807) is 6.92 Å². The molecule has 0 spiro atoms. The summed E-state index contributed by atoms with van der Waals surface area (Å²) < 4.78 is 0. The summed E-state index contributed by atoms with van der Waals surface area (Å²) in [6.45, 7) is 2.00. The van der Waals surface area contributed by atoms with Crippen molar-refractivity contribution in [1.82, 2.24) is 5.32 Å². The Hall–Kier alpha value is -1.35. The van der Waals surface area contributed by atoms with Gasteiger partial charge in [0.15, 0.2) is 0 Å². The fourth-order valence-corrected chi connectivity index (χ4v) is 3.07. The molecular weight excluding hydrogens is 262 g/mol. The normalized spacial score (nSPS) is 19.0. The highest BCUT2D eigenvalue weighted by atomic mass is 16.3. The number of nitrogens with one attached hydrogen (secondary N) is 1. The van der Waals surface area contributed by atoms with Gasteiger partial charge < -0.3 is 10.4 Å². The monoisotopic (exact) mass is 289 g/mol. The maximum absolute atomic E-state index is 11.9. The first kappa shape index (κ1) is 16.0. The summed E-state index contributed by atoms with van der Waals surface area (Å²) in [6, 6.07) is 9.48. The number of benzene rings is 1. The van der Waals surface area contributed by atoms with Crippen LogP contribution in [0.4, 0.5) is 0 Å². The second kappa shape index (κ2) is 7.60. The van der Waals surface area contributed by atoms with Gasteiger partial charge in [0.2, 0.25) is 5.91 Å². The Morgan fingerprint density at radius 2 is 1.90 bits per heavy atom. The van der Waals surface area contributed by atoms with Gasteiger partial charge in [0, 0.05) is 6.42 Å². The van der Waals surface area contributed by atoms with Gasteiger partial charge in [0.1, 0.15) is 5.60 Å².